The minimum absolute atomic E-state index is 0.00946. The summed E-state index contributed by atoms with van der Waals surface area (Å²) in [7, 11) is 3.13. The average molecular weight is 366 g/mol. The number of hydrogen-bond donors (Lipinski definition) is 2. The number of amides is 1. The summed E-state index contributed by atoms with van der Waals surface area (Å²) in [5.41, 5.74) is 1.93. The zero-order chi connectivity index (χ0) is 19.2. The second-order valence-corrected chi connectivity index (χ2v) is 6.31. The van der Waals surface area contributed by atoms with Crippen LogP contribution in [0.2, 0.25) is 0 Å². The molecule has 0 aromatic carbocycles. The first kappa shape index (κ1) is 18.6. The van der Waals surface area contributed by atoms with E-state index in [9.17, 15) is 10.1 Å². The fourth-order valence-corrected chi connectivity index (χ4v) is 3.37. The zero-order valence-corrected chi connectivity index (χ0v) is 15.3. The van der Waals surface area contributed by atoms with Gasteiger partial charge < -0.3 is 15.4 Å². The molecule has 1 saturated heterocycles. The van der Waals surface area contributed by atoms with E-state index in [-0.39, 0.29) is 23.9 Å². The van der Waals surface area contributed by atoms with E-state index in [0.29, 0.717) is 30.8 Å². The van der Waals surface area contributed by atoms with Gasteiger partial charge in [-0.25, -0.2) is 4.98 Å². The molecule has 27 heavy (non-hydrogen) atoms. The van der Waals surface area contributed by atoms with Crippen molar-refractivity contribution in [1.29, 1.82) is 5.26 Å². The highest BCUT2D eigenvalue weighted by Gasteiger charge is 2.36. The third kappa shape index (κ3) is 4.15. The molecule has 0 saturated carbocycles. The maximum Gasteiger partial charge on any atom is 0.237 e. The first-order valence-corrected chi connectivity index (χ1v) is 8.71. The minimum Gasteiger partial charge on any atom is -0.480 e. The molecule has 1 amide bonds. The number of carbonyl (C=O) groups is 1. The number of likely N-dealkylation sites (N-methyl/N-ethyl adjacent to an activating group) is 1. The molecule has 0 radical (unpaired) electrons. The van der Waals surface area contributed by atoms with E-state index in [1.807, 2.05) is 18.2 Å². The Morgan fingerprint density at radius 2 is 2.22 bits per heavy atom. The zero-order valence-electron chi connectivity index (χ0n) is 15.3. The van der Waals surface area contributed by atoms with Crippen molar-refractivity contribution < 1.29 is 9.53 Å². The molecule has 0 unspecified atom stereocenters. The number of nitriles is 1. The van der Waals surface area contributed by atoms with Gasteiger partial charge in [0.2, 0.25) is 11.8 Å². The molecule has 2 N–H and O–H groups in total. The minimum atomic E-state index is -0.260. The van der Waals surface area contributed by atoms with Gasteiger partial charge in [-0.3, -0.25) is 14.7 Å². The second kappa shape index (κ2) is 8.47. The Morgan fingerprint density at radius 1 is 1.37 bits per heavy atom. The number of anilines is 1. The van der Waals surface area contributed by atoms with Crippen molar-refractivity contribution in [2.75, 3.05) is 26.0 Å². The van der Waals surface area contributed by atoms with Crippen LogP contribution in [0, 0.1) is 11.3 Å². The van der Waals surface area contributed by atoms with Gasteiger partial charge >= 0.3 is 0 Å². The highest BCUT2D eigenvalue weighted by molar-refractivity contribution is 5.82. The maximum atomic E-state index is 12.4. The molecule has 3 rings (SSSR count). The number of carbonyl (C=O) groups excluding carboxylic acids is 1. The summed E-state index contributed by atoms with van der Waals surface area (Å²) in [6.07, 6.45) is 3.97. The molecule has 2 aromatic heterocycles. The van der Waals surface area contributed by atoms with Crippen molar-refractivity contribution in [2.45, 2.75) is 25.0 Å². The Hall–Kier alpha value is -3.18. The number of hydrogen-bond acceptors (Lipinski definition) is 7. The Morgan fingerprint density at radius 3 is 2.89 bits per heavy atom. The lowest BCUT2D eigenvalue weighted by molar-refractivity contribution is -0.125. The molecule has 8 heteroatoms. The largest absolute Gasteiger partial charge is 0.480 e. The van der Waals surface area contributed by atoms with Crippen molar-refractivity contribution in [2.24, 2.45) is 0 Å². The third-order valence-electron chi connectivity index (χ3n) is 4.62. The summed E-state index contributed by atoms with van der Waals surface area (Å²) < 4.78 is 5.16. The molecule has 1 fully saturated rings. The predicted molar refractivity (Wildman–Crippen MR) is 100 cm³/mol. The summed E-state index contributed by atoms with van der Waals surface area (Å²) in [6.45, 7) is 1.24. The maximum absolute atomic E-state index is 12.4. The van der Waals surface area contributed by atoms with Gasteiger partial charge in [0.25, 0.3) is 0 Å². The summed E-state index contributed by atoms with van der Waals surface area (Å²) in [5, 5.41) is 15.5. The Labute approximate surface area is 158 Å². The van der Waals surface area contributed by atoms with E-state index >= 15 is 0 Å². The van der Waals surface area contributed by atoms with E-state index in [4.69, 9.17) is 4.74 Å². The van der Waals surface area contributed by atoms with Crippen molar-refractivity contribution in [1.82, 2.24) is 20.2 Å². The van der Waals surface area contributed by atoms with Gasteiger partial charge in [-0.15, -0.1) is 0 Å². The second-order valence-electron chi connectivity index (χ2n) is 6.31. The molecule has 2 atom stereocenters. The average Bonchev–Trinajstić information content (AvgIpc) is 3.10. The van der Waals surface area contributed by atoms with Crippen LogP contribution in [0.3, 0.4) is 0 Å². The van der Waals surface area contributed by atoms with Crippen molar-refractivity contribution in [3.63, 3.8) is 0 Å². The van der Waals surface area contributed by atoms with Crippen molar-refractivity contribution >= 4 is 11.6 Å². The van der Waals surface area contributed by atoms with Crippen LogP contribution >= 0.6 is 0 Å². The van der Waals surface area contributed by atoms with Gasteiger partial charge in [-0.05, 0) is 24.6 Å². The van der Waals surface area contributed by atoms with Gasteiger partial charge in [-0.2, -0.15) is 5.26 Å². The molecule has 2 aromatic rings. The van der Waals surface area contributed by atoms with Crippen LogP contribution in [-0.2, 0) is 11.3 Å². The first-order chi connectivity index (χ1) is 13.2. The molecular formula is C19H22N6O2. The van der Waals surface area contributed by atoms with Gasteiger partial charge in [0, 0.05) is 38.6 Å². The molecule has 8 nitrogen and oxygen atoms in total. The molecule has 1 aliphatic rings. The standard InChI is InChI=1S/C19H22N6O2/c1-21-18(26)17-9-14(12-25(17)11-13-5-3-4-7-22-13)24-16-6-8-23-19(27-2)15(16)10-20/h3-8,14,17H,9,11-12H2,1-2H3,(H,21,26)(H,23,24)/t14-,17+/m1/s1. The smallest absolute Gasteiger partial charge is 0.237 e. The van der Waals surface area contributed by atoms with E-state index in [2.05, 4.69) is 31.6 Å². The molecule has 0 aliphatic carbocycles. The number of nitrogens with one attached hydrogen (secondary N) is 2. The van der Waals surface area contributed by atoms with Gasteiger partial charge in [0.1, 0.15) is 11.6 Å². The summed E-state index contributed by atoms with van der Waals surface area (Å²) in [4.78, 5) is 22.9. The quantitative estimate of drug-likeness (QED) is 0.791. The monoisotopic (exact) mass is 366 g/mol. The van der Waals surface area contributed by atoms with Crippen LogP contribution in [0.15, 0.2) is 36.7 Å². The van der Waals surface area contributed by atoms with Gasteiger partial charge in [0.05, 0.1) is 24.5 Å². The van der Waals surface area contributed by atoms with E-state index in [0.717, 1.165) is 5.69 Å². The SMILES string of the molecule is CNC(=O)[C@@H]1C[C@@H](Nc2ccnc(OC)c2C#N)CN1Cc1ccccn1. The molecule has 140 valence electrons. The Balaban J connectivity index is 1.78. The Kier molecular flexibility index (Phi) is 5.84. The Bertz CT molecular complexity index is 836. The van der Waals surface area contributed by atoms with Crippen molar-refractivity contribution in [3.05, 3.63) is 47.9 Å². The molecule has 3 heterocycles. The summed E-state index contributed by atoms with van der Waals surface area (Å²) >= 11 is 0. The van der Waals surface area contributed by atoms with E-state index in [1.165, 1.54) is 7.11 Å². The fraction of sp³-hybridized carbons (Fsp3) is 0.368. The third-order valence-corrected chi connectivity index (χ3v) is 4.62. The summed E-state index contributed by atoms with van der Waals surface area (Å²) in [5.74, 6) is 0.261. The highest BCUT2D eigenvalue weighted by atomic mass is 16.5. The number of aromatic nitrogens is 2. The number of rotatable bonds is 6. The van der Waals surface area contributed by atoms with Crippen LogP contribution in [-0.4, -0.2) is 53.6 Å². The number of ether oxygens (including phenoxy) is 1. The van der Waals surface area contributed by atoms with E-state index < -0.39 is 0 Å². The van der Waals surface area contributed by atoms with Gasteiger partial charge in [-0.1, -0.05) is 6.07 Å². The van der Waals surface area contributed by atoms with Crippen molar-refractivity contribution in [3.8, 4) is 11.9 Å². The fourth-order valence-electron chi connectivity index (χ4n) is 3.37. The van der Waals surface area contributed by atoms with Crippen LogP contribution in [0.25, 0.3) is 0 Å². The van der Waals surface area contributed by atoms with Crippen LogP contribution in [0.5, 0.6) is 5.88 Å². The highest BCUT2D eigenvalue weighted by Crippen LogP contribution is 2.27. The number of likely N-dealkylation sites (tertiary alicyclic amines) is 1. The number of pyridine rings is 2. The lowest BCUT2D eigenvalue weighted by Crippen LogP contribution is -2.41. The van der Waals surface area contributed by atoms with Crippen LogP contribution in [0.1, 0.15) is 17.7 Å². The number of nitrogens with zero attached hydrogens (tertiary/aromatic N) is 4. The molecule has 0 bridgehead atoms. The van der Waals surface area contributed by atoms with Gasteiger partial charge in [0.15, 0.2) is 0 Å². The first-order valence-electron chi connectivity index (χ1n) is 8.71. The van der Waals surface area contributed by atoms with E-state index in [1.54, 1.807) is 25.5 Å². The van der Waals surface area contributed by atoms with Crippen LogP contribution < -0.4 is 15.4 Å². The lowest BCUT2D eigenvalue weighted by Gasteiger charge is -2.22. The molecule has 0 spiro atoms. The normalized spacial score (nSPS) is 19.3. The van der Waals surface area contributed by atoms with Crippen LogP contribution in [0.4, 0.5) is 5.69 Å². The summed E-state index contributed by atoms with van der Waals surface area (Å²) in [6, 6.07) is 9.38. The molecular weight excluding hydrogens is 344 g/mol. The lowest BCUT2D eigenvalue weighted by atomic mass is 10.1. The molecule has 1 aliphatic heterocycles. The predicted octanol–water partition coefficient (Wildman–Crippen LogP) is 1.16. The number of methoxy groups -OCH3 is 1. The topological polar surface area (TPSA) is 103 Å².